The largest absolute Gasteiger partial charge is 0.342 e. The second kappa shape index (κ2) is 7.66. The van der Waals surface area contributed by atoms with Gasteiger partial charge < -0.3 is 9.88 Å². The summed E-state index contributed by atoms with van der Waals surface area (Å²) in [6.45, 7) is 4.34. The second-order valence-corrected chi connectivity index (χ2v) is 6.71. The van der Waals surface area contributed by atoms with Gasteiger partial charge in [0.2, 0.25) is 5.91 Å². The van der Waals surface area contributed by atoms with Crippen LogP contribution in [0.15, 0.2) is 48.8 Å². The fourth-order valence-electron chi connectivity index (χ4n) is 3.41. The van der Waals surface area contributed by atoms with Crippen LogP contribution in [0, 0.1) is 0 Å². The molecule has 3 aromatic rings. The van der Waals surface area contributed by atoms with Crippen molar-refractivity contribution in [2.45, 2.75) is 19.4 Å². The molecule has 1 aliphatic rings. The second-order valence-electron chi connectivity index (χ2n) is 6.71. The van der Waals surface area contributed by atoms with Gasteiger partial charge in [0.25, 0.3) is 0 Å². The number of piperazine rings is 1. The molecule has 1 amide bonds. The van der Waals surface area contributed by atoms with Gasteiger partial charge in [-0.25, -0.2) is 4.98 Å². The number of carbonyl (C=O) groups excluding carboxylic acids is 1. The van der Waals surface area contributed by atoms with E-state index in [0.29, 0.717) is 12.8 Å². The Bertz CT molecular complexity index is 835. The lowest BCUT2D eigenvalue weighted by atomic mass is 10.2. The van der Waals surface area contributed by atoms with Crippen LogP contribution in [-0.4, -0.2) is 56.8 Å². The third-order valence-electron chi connectivity index (χ3n) is 4.89. The molecule has 134 valence electrons. The monoisotopic (exact) mass is 349 g/mol. The number of aromatic nitrogens is 3. The summed E-state index contributed by atoms with van der Waals surface area (Å²) in [6, 6.07) is 12.1. The van der Waals surface area contributed by atoms with Crippen LogP contribution in [0.5, 0.6) is 0 Å². The summed E-state index contributed by atoms with van der Waals surface area (Å²) in [4.78, 5) is 28.8. The first-order chi connectivity index (χ1) is 12.8. The standard InChI is InChI=1S/C20H23N5O/c26-20(6-5-19-22-17-3-1-2-4-18(17)23-19)25-13-11-24(12-14-25)15-16-7-9-21-10-8-16/h1-4,7-10H,5-6,11-15H2,(H,22,23). The highest BCUT2D eigenvalue weighted by molar-refractivity contribution is 5.77. The van der Waals surface area contributed by atoms with Crippen molar-refractivity contribution in [2.24, 2.45) is 0 Å². The maximum atomic E-state index is 12.5. The number of hydrogen-bond donors (Lipinski definition) is 1. The van der Waals surface area contributed by atoms with Crippen LogP contribution in [0.2, 0.25) is 0 Å². The van der Waals surface area contributed by atoms with Crippen molar-refractivity contribution in [3.63, 3.8) is 0 Å². The fourth-order valence-corrected chi connectivity index (χ4v) is 3.41. The Morgan fingerprint density at radius 2 is 1.81 bits per heavy atom. The molecule has 2 aromatic heterocycles. The van der Waals surface area contributed by atoms with Crippen LogP contribution in [0.1, 0.15) is 17.8 Å². The molecule has 6 heteroatoms. The first kappa shape index (κ1) is 16.7. The molecule has 0 spiro atoms. The van der Waals surface area contributed by atoms with Crippen molar-refractivity contribution in [3.05, 3.63) is 60.2 Å². The number of pyridine rings is 1. The van der Waals surface area contributed by atoms with Crippen molar-refractivity contribution >= 4 is 16.9 Å². The number of aryl methyl sites for hydroxylation is 1. The van der Waals surface area contributed by atoms with Gasteiger partial charge in [-0.2, -0.15) is 0 Å². The summed E-state index contributed by atoms with van der Waals surface area (Å²) in [7, 11) is 0. The van der Waals surface area contributed by atoms with E-state index in [9.17, 15) is 4.79 Å². The first-order valence-electron chi connectivity index (χ1n) is 9.10. The molecule has 1 fully saturated rings. The summed E-state index contributed by atoms with van der Waals surface area (Å²) in [5.74, 6) is 1.10. The van der Waals surface area contributed by atoms with Gasteiger partial charge in [0.15, 0.2) is 0 Å². The topological polar surface area (TPSA) is 65.1 Å². The molecule has 4 rings (SSSR count). The molecule has 0 unspecified atom stereocenters. The van der Waals surface area contributed by atoms with E-state index < -0.39 is 0 Å². The summed E-state index contributed by atoms with van der Waals surface area (Å²) >= 11 is 0. The van der Waals surface area contributed by atoms with Gasteiger partial charge in [0.1, 0.15) is 5.82 Å². The zero-order valence-corrected chi connectivity index (χ0v) is 14.8. The Morgan fingerprint density at radius 3 is 2.58 bits per heavy atom. The van der Waals surface area contributed by atoms with Crippen molar-refractivity contribution in [1.82, 2.24) is 24.8 Å². The van der Waals surface area contributed by atoms with Gasteiger partial charge in [0.05, 0.1) is 11.0 Å². The Hall–Kier alpha value is -2.73. The van der Waals surface area contributed by atoms with E-state index in [2.05, 4.69) is 19.9 Å². The van der Waals surface area contributed by atoms with Crippen molar-refractivity contribution < 1.29 is 4.79 Å². The number of rotatable bonds is 5. The zero-order chi connectivity index (χ0) is 17.8. The van der Waals surface area contributed by atoms with E-state index in [4.69, 9.17) is 0 Å². The number of nitrogens with one attached hydrogen (secondary N) is 1. The maximum Gasteiger partial charge on any atom is 0.223 e. The minimum absolute atomic E-state index is 0.217. The molecule has 3 heterocycles. The van der Waals surface area contributed by atoms with Gasteiger partial charge in [-0.3, -0.25) is 14.7 Å². The minimum Gasteiger partial charge on any atom is -0.342 e. The van der Waals surface area contributed by atoms with E-state index in [0.717, 1.165) is 49.6 Å². The van der Waals surface area contributed by atoms with Crippen molar-refractivity contribution in [1.29, 1.82) is 0 Å². The predicted octanol–water partition coefficient (Wildman–Crippen LogP) is 2.23. The molecule has 1 N–H and O–H groups in total. The molecule has 0 saturated carbocycles. The lowest BCUT2D eigenvalue weighted by Gasteiger charge is -2.34. The molecule has 1 saturated heterocycles. The first-order valence-corrected chi connectivity index (χ1v) is 9.10. The van der Waals surface area contributed by atoms with Crippen LogP contribution in [0.3, 0.4) is 0 Å². The molecular weight excluding hydrogens is 326 g/mol. The lowest BCUT2D eigenvalue weighted by molar-refractivity contribution is -0.133. The fraction of sp³-hybridized carbons (Fsp3) is 0.350. The summed E-state index contributed by atoms with van der Waals surface area (Å²) in [5, 5.41) is 0. The van der Waals surface area contributed by atoms with Crippen LogP contribution in [-0.2, 0) is 17.8 Å². The molecule has 0 atom stereocenters. The van der Waals surface area contributed by atoms with Gasteiger partial charge >= 0.3 is 0 Å². The lowest BCUT2D eigenvalue weighted by Crippen LogP contribution is -2.48. The van der Waals surface area contributed by atoms with Gasteiger partial charge in [-0.1, -0.05) is 12.1 Å². The molecule has 6 nitrogen and oxygen atoms in total. The minimum atomic E-state index is 0.217. The molecular formula is C20H23N5O. The highest BCUT2D eigenvalue weighted by Crippen LogP contribution is 2.13. The Kier molecular flexibility index (Phi) is 4.93. The SMILES string of the molecule is O=C(CCc1nc2ccccc2[nH]1)N1CCN(Cc2ccncc2)CC1. The van der Waals surface area contributed by atoms with E-state index in [1.165, 1.54) is 5.56 Å². The quantitative estimate of drug-likeness (QED) is 0.767. The van der Waals surface area contributed by atoms with Crippen LogP contribution < -0.4 is 0 Å². The van der Waals surface area contributed by atoms with Crippen molar-refractivity contribution in [3.8, 4) is 0 Å². The Balaban J connectivity index is 1.25. The smallest absolute Gasteiger partial charge is 0.223 e. The Labute approximate surface area is 152 Å². The van der Waals surface area contributed by atoms with E-state index in [1.54, 1.807) is 0 Å². The normalized spacial score (nSPS) is 15.5. The van der Waals surface area contributed by atoms with Gasteiger partial charge in [0, 0.05) is 58.0 Å². The number of hydrogen-bond acceptors (Lipinski definition) is 4. The number of benzene rings is 1. The number of imidazole rings is 1. The van der Waals surface area contributed by atoms with Crippen LogP contribution >= 0.6 is 0 Å². The molecule has 1 aromatic carbocycles. The maximum absolute atomic E-state index is 12.5. The molecule has 1 aliphatic heterocycles. The highest BCUT2D eigenvalue weighted by atomic mass is 16.2. The zero-order valence-electron chi connectivity index (χ0n) is 14.8. The summed E-state index contributed by atoms with van der Waals surface area (Å²) < 4.78 is 0. The van der Waals surface area contributed by atoms with Gasteiger partial charge in [-0.05, 0) is 29.8 Å². The van der Waals surface area contributed by atoms with E-state index in [-0.39, 0.29) is 5.91 Å². The number of amides is 1. The number of H-pyrrole nitrogens is 1. The number of aromatic amines is 1. The van der Waals surface area contributed by atoms with Crippen molar-refractivity contribution in [2.75, 3.05) is 26.2 Å². The number of para-hydroxylation sites is 2. The molecule has 0 radical (unpaired) electrons. The molecule has 0 bridgehead atoms. The number of fused-ring (bicyclic) bond motifs is 1. The highest BCUT2D eigenvalue weighted by Gasteiger charge is 2.21. The number of carbonyl (C=O) groups is 1. The van der Waals surface area contributed by atoms with Crippen LogP contribution in [0.25, 0.3) is 11.0 Å². The van der Waals surface area contributed by atoms with Gasteiger partial charge in [-0.15, -0.1) is 0 Å². The average molecular weight is 349 g/mol. The molecule has 26 heavy (non-hydrogen) atoms. The predicted molar refractivity (Wildman–Crippen MR) is 101 cm³/mol. The average Bonchev–Trinajstić information content (AvgIpc) is 3.10. The summed E-state index contributed by atoms with van der Waals surface area (Å²) in [6.07, 6.45) is 4.81. The third-order valence-corrected chi connectivity index (χ3v) is 4.89. The molecule has 0 aliphatic carbocycles. The Morgan fingerprint density at radius 1 is 1.04 bits per heavy atom. The van der Waals surface area contributed by atoms with Crippen LogP contribution in [0.4, 0.5) is 0 Å². The number of nitrogens with zero attached hydrogens (tertiary/aromatic N) is 4. The van der Waals surface area contributed by atoms with E-state index in [1.807, 2.05) is 53.7 Å². The van der Waals surface area contributed by atoms with E-state index >= 15 is 0 Å². The third kappa shape index (κ3) is 3.91. The summed E-state index contributed by atoms with van der Waals surface area (Å²) in [5.41, 5.74) is 3.25.